The number of nitrogens with one attached hydrogen (secondary N) is 1. The number of rotatable bonds is 7. The Morgan fingerprint density at radius 3 is 2.38 bits per heavy atom. The van der Waals surface area contributed by atoms with Crippen LogP contribution in [0.25, 0.3) is 0 Å². The molecule has 2 N–H and O–H groups in total. The molecule has 1 amide bonds. The van der Waals surface area contributed by atoms with Crippen molar-refractivity contribution in [3.8, 4) is 5.75 Å². The molecule has 1 atom stereocenters. The molecule has 0 aliphatic heterocycles. The van der Waals surface area contributed by atoms with Gasteiger partial charge in [0.1, 0.15) is 11.6 Å². The fourth-order valence-electron chi connectivity index (χ4n) is 1.90. The van der Waals surface area contributed by atoms with Crippen LogP contribution in [0.1, 0.15) is 34.1 Å². The van der Waals surface area contributed by atoms with Gasteiger partial charge in [0.2, 0.25) is 0 Å². The standard InChI is InChI=1S/C16H24FNO3/c1-11(2)14(9-10-19)18-15(20)16(3,4)21-13-7-5-12(17)6-8-13/h5-8,11,14,19H,9-10H2,1-4H3,(H,18,20). The van der Waals surface area contributed by atoms with Gasteiger partial charge in [0.05, 0.1) is 0 Å². The number of hydrogen-bond acceptors (Lipinski definition) is 3. The number of aliphatic hydroxyl groups excluding tert-OH is 1. The minimum Gasteiger partial charge on any atom is -0.478 e. The highest BCUT2D eigenvalue weighted by molar-refractivity contribution is 5.85. The lowest BCUT2D eigenvalue weighted by atomic mass is 9.99. The Bertz CT molecular complexity index is 457. The van der Waals surface area contributed by atoms with Gasteiger partial charge in [-0.15, -0.1) is 0 Å². The summed E-state index contributed by atoms with van der Waals surface area (Å²) in [6.07, 6.45) is 0.496. The molecule has 4 nitrogen and oxygen atoms in total. The molecule has 0 fully saturated rings. The van der Waals surface area contributed by atoms with Crippen molar-refractivity contribution in [2.75, 3.05) is 6.61 Å². The summed E-state index contributed by atoms with van der Waals surface area (Å²) < 4.78 is 18.5. The molecule has 0 saturated carbocycles. The lowest BCUT2D eigenvalue weighted by Gasteiger charge is -2.29. The van der Waals surface area contributed by atoms with Crippen LogP contribution < -0.4 is 10.1 Å². The summed E-state index contributed by atoms with van der Waals surface area (Å²) in [6, 6.07) is 5.42. The molecule has 21 heavy (non-hydrogen) atoms. The van der Waals surface area contributed by atoms with Crippen LogP contribution in [0.3, 0.4) is 0 Å². The van der Waals surface area contributed by atoms with Gasteiger partial charge in [-0.1, -0.05) is 13.8 Å². The normalized spacial score (nSPS) is 13.1. The molecule has 118 valence electrons. The second kappa shape index (κ2) is 7.41. The molecule has 0 heterocycles. The van der Waals surface area contributed by atoms with Gasteiger partial charge in [0.15, 0.2) is 5.60 Å². The van der Waals surface area contributed by atoms with E-state index in [1.807, 2.05) is 13.8 Å². The maximum atomic E-state index is 12.9. The third-order valence-corrected chi connectivity index (χ3v) is 3.29. The second-order valence-electron chi connectivity index (χ2n) is 5.90. The van der Waals surface area contributed by atoms with E-state index in [-0.39, 0.29) is 30.3 Å². The van der Waals surface area contributed by atoms with Crippen LogP contribution in [-0.2, 0) is 4.79 Å². The van der Waals surface area contributed by atoms with Gasteiger partial charge in [-0.3, -0.25) is 4.79 Å². The molecule has 1 unspecified atom stereocenters. The van der Waals surface area contributed by atoms with Crippen LogP contribution >= 0.6 is 0 Å². The van der Waals surface area contributed by atoms with Gasteiger partial charge in [-0.2, -0.15) is 0 Å². The highest BCUT2D eigenvalue weighted by Gasteiger charge is 2.32. The predicted octanol–water partition coefficient (Wildman–Crippen LogP) is 2.51. The maximum Gasteiger partial charge on any atom is 0.263 e. The summed E-state index contributed by atoms with van der Waals surface area (Å²) in [5, 5.41) is 11.9. The molecule has 0 radical (unpaired) electrons. The average molecular weight is 297 g/mol. The summed E-state index contributed by atoms with van der Waals surface area (Å²) in [5.74, 6) is 0.0222. The quantitative estimate of drug-likeness (QED) is 0.813. The zero-order valence-electron chi connectivity index (χ0n) is 13.0. The Labute approximate surface area is 125 Å². The van der Waals surface area contributed by atoms with E-state index in [1.54, 1.807) is 13.8 Å². The van der Waals surface area contributed by atoms with E-state index in [0.29, 0.717) is 12.2 Å². The Hall–Kier alpha value is -1.62. The van der Waals surface area contributed by atoms with E-state index in [2.05, 4.69) is 5.32 Å². The first-order chi connectivity index (χ1) is 9.76. The molecule has 0 aromatic heterocycles. The third kappa shape index (κ3) is 5.34. The first kappa shape index (κ1) is 17.4. The fourth-order valence-corrected chi connectivity index (χ4v) is 1.90. The van der Waals surface area contributed by atoms with Crippen molar-refractivity contribution in [2.24, 2.45) is 5.92 Å². The largest absolute Gasteiger partial charge is 0.478 e. The number of amides is 1. The van der Waals surface area contributed by atoms with Crippen molar-refractivity contribution in [1.82, 2.24) is 5.32 Å². The summed E-state index contributed by atoms with van der Waals surface area (Å²) in [4.78, 5) is 12.3. The van der Waals surface area contributed by atoms with Crippen LogP contribution in [0.4, 0.5) is 4.39 Å². The van der Waals surface area contributed by atoms with Crippen LogP contribution in [-0.4, -0.2) is 29.3 Å². The van der Waals surface area contributed by atoms with Crippen molar-refractivity contribution >= 4 is 5.91 Å². The first-order valence-corrected chi connectivity index (χ1v) is 7.12. The zero-order valence-corrected chi connectivity index (χ0v) is 13.0. The number of carbonyl (C=O) groups is 1. The minimum absolute atomic E-state index is 0.0162. The summed E-state index contributed by atoms with van der Waals surface area (Å²) in [5.41, 5.74) is -1.08. The Kier molecular flexibility index (Phi) is 6.15. The molecule has 0 bridgehead atoms. The van der Waals surface area contributed by atoms with Crippen LogP contribution in [0.2, 0.25) is 0 Å². The van der Waals surface area contributed by atoms with E-state index in [9.17, 15) is 9.18 Å². The maximum absolute atomic E-state index is 12.9. The highest BCUT2D eigenvalue weighted by atomic mass is 19.1. The number of aliphatic hydroxyl groups is 1. The van der Waals surface area contributed by atoms with E-state index in [0.717, 1.165) is 0 Å². The molecular weight excluding hydrogens is 273 g/mol. The lowest BCUT2D eigenvalue weighted by molar-refractivity contribution is -0.135. The Morgan fingerprint density at radius 1 is 1.33 bits per heavy atom. The Morgan fingerprint density at radius 2 is 1.90 bits per heavy atom. The van der Waals surface area contributed by atoms with E-state index in [4.69, 9.17) is 9.84 Å². The average Bonchev–Trinajstić information content (AvgIpc) is 2.40. The number of halogens is 1. The van der Waals surface area contributed by atoms with Crippen molar-refractivity contribution in [2.45, 2.75) is 45.8 Å². The van der Waals surface area contributed by atoms with Gasteiger partial charge >= 0.3 is 0 Å². The van der Waals surface area contributed by atoms with Gasteiger partial charge < -0.3 is 15.2 Å². The van der Waals surface area contributed by atoms with Crippen LogP contribution in [0, 0.1) is 11.7 Å². The van der Waals surface area contributed by atoms with E-state index >= 15 is 0 Å². The topological polar surface area (TPSA) is 58.6 Å². The van der Waals surface area contributed by atoms with Gasteiger partial charge in [-0.05, 0) is 50.5 Å². The summed E-state index contributed by atoms with van der Waals surface area (Å²) >= 11 is 0. The molecule has 1 rings (SSSR count). The molecule has 0 spiro atoms. The number of benzene rings is 1. The highest BCUT2D eigenvalue weighted by Crippen LogP contribution is 2.19. The fraction of sp³-hybridized carbons (Fsp3) is 0.562. The molecule has 1 aromatic carbocycles. The Balaban J connectivity index is 2.71. The third-order valence-electron chi connectivity index (χ3n) is 3.29. The molecule has 5 heteroatoms. The first-order valence-electron chi connectivity index (χ1n) is 7.12. The van der Waals surface area contributed by atoms with E-state index < -0.39 is 5.60 Å². The SMILES string of the molecule is CC(C)C(CCO)NC(=O)C(C)(C)Oc1ccc(F)cc1. The van der Waals surface area contributed by atoms with Crippen molar-refractivity contribution in [1.29, 1.82) is 0 Å². The lowest BCUT2D eigenvalue weighted by Crippen LogP contribution is -2.51. The zero-order chi connectivity index (χ0) is 16.0. The molecule has 0 aliphatic carbocycles. The predicted molar refractivity (Wildman–Crippen MR) is 79.6 cm³/mol. The van der Waals surface area contributed by atoms with Gasteiger partial charge in [0, 0.05) is 12.6 Å². The molecule has 1 aromatic rings. The number of hydrogen-bond donors (Lipinski definition) is 2. The number of ether oxygens (including phenoxy) is 1. The monoisotopic (exact) mass is 297 g/mol. The van der Waals surface area contributed by atoms with E-state index in [1.165, 1.54) is 24.3 Å². The number of carbonyl (C=O) groups excluding carboxylic acids is 1. The van der Waals surface area contributed by atoms with Gasteiger partial charge in [-0.25, -0.2) is 4.39 Å². The minimum atomic E-state index is -1.08. The van der Waals surface area contributed by atoms with Gasteiger partial charge in [0.25, 0.3) is 5.91 Å². The van der Waals surface area contributed by atoms with Crippen LogP contribution in [0.15, 0.2) is 24.3 Å². The molecule has 0 saturated heterocycles. The van der Waals surface area contributed by atoms with Crippen molar-refractivity contribution in [3.63, 3.8) is 0 Å². The van der Waals surface area contributed by atoms with Crippen molar-refractivity contribution in [3.05, 3.63) is 30.1 Å². The molecular formula is C16H24FNO3. The summed E-state index contributed by atoms with van der Waals surface area (Å²) in [7, 11) is 0. The molecule has 0 aliphatic rings. The smallest absolute Gasteiger partial charge is 0.263 e. The van der Waals surface area contributed by atoms with Crippen LogP contribution in [0.5, 0.6) is 5.75 Å². The summed E-state index contributed by atoms with van der Waals surface area (Å²) in [6.45, 7) is 7.29. The van der Waals surface area contributed by atoms with Crippen molar-refractivity contribution < 1.29 is 19.0 Å². The second-order valence-corrected chi connectivity index (χ2v) is 5.90.